The maximum Gasteiger partial charge on any atom is 0.407 e. The summed E-state index contributed by atoms with van der Waals surface area (Å²) in [5, 5.41) is 5.13. The number of ether oxygens (including phenoxy) is 1. The molecule has 7 nitrogen and oxygen atoms in total. The van der Waals surface area contributed by atoms with Crippen LogP contribution in [0, 0.1) is 0 Å². The fourth-order valence-corrected chi connectivity index (χ4v) is 1.86. The molecule has 0 unspecified atom stereocenters. The first kappa shape index (κ1) is 12.2. The maximum atomic E-state index is 11.9. The number of aromatic nitrogens is 1. The fraction of sp³-hybridized carbons (Fsp3) is 0.154. The zero-order valence-electron chi connectivity index (χ0n) is 10.3. The number of carbonyl (C=O) groups excluding carboxylic acids is 2. The maximum absolute atomic E-state index is 11.9. The van der Waals surface area contributed by atoms with Gasteiger partial charge in [-0.25, -0.2) is 9.78 Å². The number of hydrogen-bond acceptors (Lipinski definition) is 5. The van der Waals surface area contributed by atoms with Crippen molar-refractivity contribution in [3.63, 3.8) is 0 Å². The molecule has 2 aromatic rings. The number of nitrogens with one attached hydrogen (secondary N) is 2. The van der Waals surface area contributed by atoms with Crippen molar-refractivity contribution < 1.29 is 18.7 Å². The van der Waals surface area contributed by atoms with Gasteiger partial charge in [0.25, 0.3) is 5.91 Å². The number of amides is 2. The Morgan fingerprint density at radius 1 is 1.45 bits per heavy atom. The zero-order valence-corrected chi connectivity index (χ0v) is 10.3. The largest absolute Gasteiger partial charge is 0.447 e. The molecule has 1 aliphatic heterocycles. The molecule has 0 saturated carbocycles. The molecule has 1 aromatic heterocycles. The summed E-state index contributed by atoms with van der Waals surface area (Å²) in [7, 11) is 0. The molecular weight excluding hydrogens is 262 g/mol. The Bertz CT molecular complexity index is 639. The molecule has 1 saturated heterocycles. The summed E-state index contributed by atoms with van der Waals surface area (Å²) in [6.07, 6.45) is 2.35. The number of cyclic esters (lactones) is 1. The summed E-state index contributed by atoms with van der Waals surface area (Å²) in [6, 6.07) is 6.47. The van der Waals surface area contributed by atoms with Crippen LogP contribution in [0.5, 0.6) is 0 Å². The lowest BCUT2D eigenvalue weighted by Crippen LogP contribution is -2.38. The third kappa shape index (κ3) is 2.46. The molecule has 0 aliphatic carbocycles. The Balaban J connectivity index is 1.73. The van der Waals surface area contributed by atoms with Crippen molar-refractivity contribution in [3.8, 4) is 11.3 Å². The van der Waals surface area contributed by atoms with Crippen LogP contribution in [0.15, 0.2) is 41.3 Å². The van der Waals surface area contributed by atoms with Crippen LogP contribution >= 0.6 is 0 Å². The van der Waals surface area contributed by atoms with Crippen LogP contribution in [0.4, 0.5) is 10.5 Å². The third-order valence-electron chi connectivity index (χ3n) is 2.84. The summed E-state index contributed by atoms with van der Waals surface area (Å²) in [6.45, 7) is 0.0342. The van der Waals surface area contributed by atoms with E-state index >= 15 is 0 Å². The Morgan fingerprint density at radius 3 is 3.05 bits per heavy atom. The highest BCUT2D eigenvalue weighted by atomic mass is 16.6. The summed E-state index contributed by atoms with van der Waals surface area (Å²) in [4.78, 5) is 26.6. The molecule has 1 aliphatic rings. The number of nitrogens with zero attached hydrogens (tertiary/aromatic N) is 1. The average Bonchev–Trinajstić information content (AvgIpc) is 3.10. The van der Waals surface area contributed by atoms with Gasteiger partial charge in [-0.3, -0.25) is 4.79 Å². The lowest BCUT2D eigenvalue weighted by molar-refractivity contribution is -0.117. The van der Waals surface area contributed by atoms with Gasteiger partial charge in [-0.05, 0) is 12.1 Å². The van der Waals surface area contributed by atoms with Crippen LogP contribution < -0.4 is 10.6 Å². The quantitative estimate of drug-likeness (QED) is 0.881. The van der Waals surface area contributed by atoms with E-state index in [0.717, 1.165) is 5.56 Å². The first-order valence-electron chi connectivity index (χ1n) is 5.95. The molecule has 0 bridgehead atoms. The molecule has 1 fully saturated rings. The Kier molecular flexibility index (Phi) is 3.08. The van der Waals surface area contributed by atoms with Gasteiger partial charge in [0.2, 0.25) is 0 Å². The van der Waals surface area contributed by atoms with Crippen LogP contribution in [0.1, 0.15) is 0 Å². The van der Waals surface area contributed by atoms with Gasteiger partial charge in [-0.2, -0.15) is 0 Å². The number of hydrogen-bond donors (Lipinski definition) is 2. The second-order valence-corrected chi connectivity index (χ2v) is 4.23. The Morgan fingerprint density at radius 2 is 2.35 bits per heavy atom. The van der Waals surface area contributed by atoms with Crippen LogP contribution in [0.3, 0.4) is 0 Å². The van der Waals surface area contributed by atoms with E-state index in [0.29, 0.717) is 11.4 Å². The van der Waals surface area contributed by atoms with E-state index in [4.69, 9.17) is 4.42 Å². The Hall–Kier alpha value is -2.83. The lowest BCUT2D eigenvalue weighted by Gasteiger charge is -2.09. The van der Waals surface area contributed by atoms with Crippen molar-refractivity contribution in [1.82, 2.24) is 10.3 Å². The molecule has 1 aromatic carbocycles. The van der Waals surface area contributed by atoms with Crippen LogP contribution in [0.2, 0.25) is 0 Å². The molecular formula is C13H11N3O4. The van der Waals surface area contributed by atoms with Crippen LogP contribution in [-0.2, 0) is 9.53 Å². The average molecular weight is 273 g/mol. The van der Waals surface area contributed by atoms with Crippen molar-refractivity contribution in [2.24, 2.45) is 0 Å². The summed E-state index contributed by atoms with van der Waals surface area (Å²) in [5.74, 6) is 0.282. The van der Waals surface area contributed by atoms with Gasteiger partial charge in [0, 0.05) is 11.3 Å². The highest BCUT2D eigenvalue weighted by molar-refractivity contribution is 5.98. The number of alkyl carbamates (subject to hydrolysis) is 1. The van der Waals surface area contributed by atoms with Gasteiger partial charge in [0.05, 0.1) is 6.20 Å². The minimum Gasteiger partial charge on any atom is -0.447 e. The minimum atomic E-state index is -0.670. The van der Waals surface area contributed by atoms with E-state index in [9.17, 15) is 9.59 Å². The second-order valence-electron chi connectivity index (χ2n) is 4.23. The highest BCUT2D eigenvalue weighted by Crippen LogP contribution is 2.22. The number of rotatable bonds is 3. The van der Waals surface area contributed by atoms with Gasteiger partial charge < -0.3 is 19.8 Å². The predicted molar refractivity (Wildman–Crippen MR) is 68.8 cm³/mol. The minimum absolute atomic E-state index is 0.0342. The summed E-state index contributed by atoms with van der Waals surface area (Å²) in [5.41, 5.74) is 1.40. The standard InChI is InChI=1S/C13H11N3O4/c17-12(10-6-19-13(18)16-10)15-9-3-1-2-8(4-9)11-5-14-7-20-11/h1-5,7,10H,6H2,(H,15,17)(H,16,18)/t10-/m0/s1. The first-order chi connectivity index (χ1) is 9.72. The Labute approximate surface area is 113 Å². The number of anilines is 1. The highest BCUT2D eigenvalue weighted by Gasteiger charge is 2.28. The van der Waals surface area contributed by atoms with Gasteiger partial charge in [0.1, 0.15) is 12.6 Å². The molecule has 2 amide bonds. The van der Waals surface area contributed by atoms with Crippen LogP contribution in [0.25, 0.3) is 11.3 Å². The van der Waals surface area contributed by atoms with Crippen molar-refractivity contribution >= 4 is 17.7 Å². The predicted octanol–water partition coefficient (Wildman–Crippen LogP) is 1.39. The smallest absolute Gasteiger partial charge is 0.407 e. The molecule has 7 heteroatoms. The van der Waals surface area contributed by atoms with Crippen molar-refractivity contribution in [1.29, 1.82) is 0 Å². The SMILES string of the molecule is O=C1N[C@H](C(=O)Nc2cccc(-c3cnco3)c2)CO1. The topological polar surface area (TPSA) is 93.5 Å². The molecule has 3 rings (SSSR count). The van der Waals surface area contributed by atoms with E-state index in [1.807, 2.05) is 6.07 Å². The van der Waals surface area contributed by atoms with Crippen molar-refractivity contribution in [3.05, 3.63) is 36.9 Å². The van der Waals surface area contributed by atoms with Crippen molar-refractivity contribution in [2.75, 3.05) is 11.9 Å². The van der Waals surface area contributed by atoms with E-state index in [2.05, 4.69) is 20.4 Å². The summed E-state index contributed by atoms with van der Waals surface area (Å²) >= 11 is 0. The van der Waals surface area contributed by atoms with E-state index in [-0.39, 0.29) is 12.5 Å². The van der Waals surface area contributed by atoms with Crippen molar-refractivity contribution in [2.45, 2.75) is 6.04 Å². The molecule has 20 heavy (non-hydrogen) atoms. The molecule has 0 spiro atoms. The van der Waals surface area contributed by atoms with Crippen LogP contribution in [-0.4, -0.2) is 29.6 Å². The number of oxazole rings is 1. The number of carbonyl (C=O) groups is 2. The molecule has 102 valence electrons. The monoisotopic (exact) mass is 273 g/mol. The fourth-order valence-electron chi connectivity index (χ4n) is 1.86. The first-order valence-corrected chi connectivity index (χ1v) is 5.95. The molecule has 1 atom stereocenters. The molecule has 2 N–H and O–H groups in total. The van der Waals surface area contributed by atoms with Gasteiger partial charge in [-0.15, -0.1) is 0 Å². The lowest BCUT2D eigenvalue weighted by atomic mass is 10.1. The normalized spacial score (nSPS) is 17.4. The third-order valence-corrected chi connectivity index (χ3v) is 2.84. The van der Waals surface area contributed by atoms with E-state index < -0.39 is 12.1 Å². The second kappa shape index (κ2) is 5.04. The molecule has 0 radical (unpaired) electrons. The number of benzene rings is 1. The summed E-state index contributed by atoms with van der Waals surface area (Å²) < 4.78 is 9.87. The van der Waals surface area contributed by atoms with Gasteiger partial charge in [0.15, 0.2) is 12.2 Å². The van der Waals surface area contributed by atoms with Gasteiger partial charge >= 0.3 is 6.09 Å². The van der Waals surface area contributed by atoms with Gasteiger partial charge in [-0.1, -0.05) is 12.1 Å². The zero-order chi connectivity index (χ0) is 13.9. The van der Waals surface area contributed by atoms with E-state index in [1.54, 1.807) is 24.4 Å². The van der Waals surface area contributed by atoms with E-state index in [1.165, 1.54) is 6.39 Å². The molecule has 2 heterocycles.